The lowest BCUT2D eigenvalue weighted by Crippen LogP contribution is -2.31. The highest BCUT2D eigenvalue weighted by Crippen LogP contribution is 2.40. The molecule has 1 fully saturated rings. The number of hydrogen-bond acceptors (Lipinski definition) is 2. The Labute approximate surface area is 89.0 Å². The van der Waals surface area contributed by atoms with Crippen molar-refractivity contribution in [1.82, 2.24) is 5.32 Å². The first-order valence-electron chi connectivity index (χ1n) is 5.89. The van der Waals surface area contributed by atoms with E-state index >= 15 is 0 Å². The summed E-state index contributed by atoms with van der Waals surface area (Å²) in [5, 5.41) is 9.07. The molecule has 0 bridgehead atoms. The van der Waals surface area contributed by atoms with Crippen LogP contribution in [0.15, 0.2) is 0 Å². The van der Waals surface area contributed by atoms with Crippen LogP contribution in [0.3, 0.4) is 0 Å². The monoisotopic (exact) mass is 198 g/mol. The highest BCUT2D eigenvalue weighted by atomic mass is 14.9. The fourth-order valence-electron chi connectivity index (χ4n) is 2.31. The lowest BCUT2D eigenvalue weighted by atomic mass is 9.83. The quantitative estimate of drug-likeness (QED) is 0.516. The van der Waals surface area contributed by atoms with Crippen molar-refractivity contribution in [2.24, 2.45) is 5.41 Å². The Morgan fingerprint density at radius 1 is 1.21 bits per heavy atom. The van der Waals surface area contributed by atoms with Gasteiger partial charge in [-0.1, -0.05) is 26.7 Å². The van der Waals surface area contributed by atoms with E-state index in [1.54, 1.807) is 0 Å². The molecular weight excluding hydrogens is 172 g/mol. The molecule has 0 unspecified atom stereocenters. The maximum Gasteiger partial charge on any atom is 0.000770 e. The Bertz CT molecular complexity index is 128. The van der Waals surface area contributed by atoms with Crippen LogP contribution in [0.1, 0.15) is 52.4 Å². The van der Waals surface area contributed by atoms with Crippen molar-refractivity contribution in [2.45, 2.75) is 52.4 Å². The molecule has 0 aromatic heterocycles. The van der Waals surface area contributed by atoms with Gasteiger partial charge in [-0.3, -0.25) is 0 Å². The SMILES string of the molecule is C=N.CCCNCC1(CC)CCCC1. The molecule has 1 rings (SSSR count). The zero-order chi connectivity index (χ0) is 10.9. The molecule has 1 aliphatic carbocycles. The smallest absolute Gasteiger partial charge is 0.000770 e. The Morgan fingerprint density at radius 2 is 1.79 bits per heavy atom. The van der Waals surface area contributed by atoms with Crippen LogP contribution >= 0.6 is 0 Å². The maximum absolute atomic E-state index is 5.50. The molecule has 1 aliphatic rings. The first-order chi connectivity index (χ1) is 6.83. The van der Waals surface area contributed by atoms with E-state index in [1.165, 1.54) is 51.6 Å². The lowest BCUT2D eigenvalue weighted by molar-refractivity contribution is 0.269. The van der Waals surface area contributed by atoms with Gasteiger partial charge in [0, 0.05) is 6.54 Å². The summed E-state index contributed by atoms with van der Waals surface area (Å²) in [7, 11) is 0. The molecule has 0 aromatic carbocycles. The van der Waals surface area contributed by atoms with Gasteiger partial charge in [0.15, 0.2) is 0 Å². The molecule has 14 heavy (non-hydrogen) atoms. The molecule has 0 saturated heterocycles. The van der Waals surface area contributed by atoms with Gasteiger partial charge in [-0.2, -0.15) is 0 Å². The summed E-state index contributed by atoms with van der Waals surface area (Å²) in [6.45, 7) is 9.54. The molecule has 0 heterocycles. The minimum atomic E-state index is 0.676. The summed E-state index contributed by atoms with van der Waals surface area (Å²) >= 11 is 0. The standard InChI is InChI=1S/C11H23N.CH3N/c1-3-9-12-10-11(4-2)7-5-6-8-11;1-2/h12H,3-10H2,1-2H3;2H,1H2. The van der Waals surface area contributed by atoms with E-state index in [1.807, 2.05) is 0 Å². The molecule has 1 saturated carbocycles. The fourth-order valence-corrected chi connectivity index (χ4v) is 2.31. The topological polar surface area (TPSA) is 35.9 Å². The molecule has 0 spiro atoms. The van der Waals surface area contributed by atoms with E-state index in [0.717, 1.165) is 0 Å². The van der Waals surface area contributed by atoms with Crippen molar-refractivity contribution < 1.29 is 0 Å². The van der Waals surface area contributed by atoms with Crippen molar-refractivity contribution in [3.8, 4) is 0 Å². The zero-order valence-corrected chi connectivity index (χ0v) is 9.86. The normalized spacial score (nSPS) is 18.7. The molecule has 0 radical (unpaired) electrons. The van der Waals surface area contributed by atoms with Crippen LogP contribution in [0.5, 0.6) is 0 Å². The molecule has 2 heteroatoms. The summed E-state index contributed by atoms with van der Waals surface area (Å²) in [6.07, 6.45) is 8.47. The van der Waals surface area contributed by atoms with Crippen LogP contribution in [0.4, 0.5) is 0 Å². The predicted octanol–water partition coefficient (Wildman–Crippen LogP) is 3.22. The molecule has 0 aromatic rings. The van der Waals surface area contributed by atoms with Gasteiger partial charge >= 0.3 is 0 Å². The highest BCUT2D eigenvalue weighted by Gasteiger charge is 2.30. The Morgan fingerprint density at radius 3 is 2.21 bits per heavy atom. The second-order valence-corrected chi connectivity index (χ2v) is 4.24. The average molecular weight is 198 g/mol. The van der Waals surface area contributed by atoms with Crippen LogP contribution in [0.2, 0.25) is 0 Å². The highest BCUT2D eigenvalue weighted by molar-refractivity contribution is 5.15. The van der Waals surface area contributed by atoms with Gasteiger partial charge in [-0.05, 0) is 44.4 Å². The van der Waals surface area contributed by atoms with E-state index in [-0.39, 0.29) is 0 Å². The summed E-state index contributed by atoms with van der Waals surface area (Å²) in [6, 6.07) is 0. The second-order valence-electron chi connectivity index (χ2n) is 4.24. The van der Waals surface area contributed by atoms with Gasteiger partial charge in [-0.15, -0.1) is 0 Å². The fraction of sp³-hybridized carbons (Fsp3) is 0.917. The molecule has 2 nitrogen and oxygen atoms in total. The van der Waals surface area contributed by atoms with Crippen molar-refractivity contribution in [3.05, 3.63) is 0 Å². The molecule has 0 aliphatic heterocycles. The van der Waals surface area contributed by atoms with E-state index in [9.17, 15) is 0 Å². The molecule has 2 N–H and O–H groups in total. The molecule has 0 amide bonds. The first-order valence-corrected chi connectivity index (χ1v) is 5.89. The van der Waals surface area contributed by atoms with Crippen LogP contribution in [-0.4, -0.2) is 19.8 Å². The van der Waals surface area contributed by atoms with Gasteiger partial charge in [0.25, 0.3) is 0 Å². The zero-order valence-electron chi connectivity index (χ0n) is 9.86. The summed E-state index contributed by atoms with van der Waals surface area (Å²) in [4.78, 5) is 0. The lowest BCUT2D eigenvalue weighted by Gasteiger charge is -2.27. The Balaban J connectivity index is 0.000000791. The van der Waals surface area contributed by atoms with Crippen LogP contribution in [0.25, 0.3) is 0 Å². The van der Waals surface area contributed by atoms with E-state index in [4.69, 9.17) is 5.41 Å². The average Bonchev–Trinajstić information content (AvgIpc) is 2.71. The Hall–Kier alpha value is -0.370. The summed E-state index contributed by atoms with van der Waals surface area (Å²) in [5.74, 6) is 0. The molecular formula is C12H26N2. The molecule has 84 valence electrons. The van der Waals surface area contributed by atoms with Gasteiger partial charge in [0.1, 0.15) is 0 Å². The third-order valence-electron chi connectivity index (χ3n) is 3.34. The van der Waals surface area contributed by atoms with Gasteiger partial charge in [-0.25, -0.2) is 0 Å². The van der Waals surface area contributed by atoms with Gasteiger partial charge in [0.2, 0.25) is 0 Å². The first kappa shape index (κ1) is 13.6. The predicted molar refractivity (Wildman–Crippen MR) is 64.2 cm³/mol. The maximum atomic E-state index is 5.50. The second kappa shape index (κ2) is 7.98. The van der Waals surface area contributed by atoms with Crippen LogP contribution < -0.4 is 5.32 Å². The number of hydrogen-bond donors (Lipinski definition) is 2. The van der Waals surface area contributed by atoms with Crippen molar-refractivity contribution in [3.63, 3.8) is 0 Å². The summed E-state index contributed by atoms with van der Waals surface area (Å²) < 4.78 is 0. The molecule has 0 atom stereocenters. The minimum absolute atomic E-state index is 0.676. The third kappa shape index (κ3) is 4.23. The van der Waals surface area contributed by atoms with Gasteiger partial charge in [0.05, 0.1) is 0 Å². The van der Waals surface area contributed by atoms with Crippen molar-refractivity contribution in [2.75, 3.05) is 13.1 Å². The van der Waals surface area contributed by atoms with Crippen LogP contribution in [-0.2, 0) is 0 Å². The summed E-state index contributed by atoms with van der Waals surface area (Å²) in [5.41, 5.74) is 0.676. The van der Waals surface area contributed by atoms with Crippen molar-refractivity contribution >= 4 is 6.72 Å². The number of rotatable bonds is 5. The minimum Gasteiger partial charge on any atom is -0.317 e. The Kier molecular flexibility index (Phi) is 7.77. The van der Waals surface area contributed by atoms with E-state index in [0.29, 0.717) is 5.41 Å². The van der Waals surface area contributed by atoms with Crippen molar-refractivity contribution in [1.29, 1.82) is 5.41 Å². The van der Waals surface area contributed by atoms with E-state index < -0.39 is 0 Å². The third-order valence-corrected chi connectivity index (χ3v) is 3.34. The van der Waals surface area contributed by atoms with Crippen LogP contribution in [0, 0.1) is 10.8 Å². The number of nitrogens with one attached hydrogen (secondary N) is 2. The van der Waals surface area contributed by atoms with Gasteiger partial charge < -0.3 is 10.7 Å². The largest absolute Gasteiger partial charge is 0.317 e. The van der Waals surface area contributed by atoms with E-state index in [2.05, 4.69) is 25.9 Å².